The maximum Gasteiger partial charge on any atom is 0.291 e. The zero-order valence-electron chi connectivity index (χ0n) is 22.4. The lowest BCUT2D eigenvalue weighted by atomic mass is 10.1. The van der Waals surface area contributed by atoms with Crippen LogP contribution in [0.3, 0.4) is 0 Å². The van der Waals surface area contributed by atoms with Gasteiger partial charge in [0.15, 0.2) is 0 Å². The fraction of sp³-hybridized carbons (Fsp3) is 0.206. The van der Waals surface area contributed by atoms with Gasteiger partial charge in [-0.2, -0.15) is 0 Å². The highest BCUT2D eigenvalue weighted by atomic mass is 79.9. The van der Waals surface area contributed by atoms with E-state index in [2.05, 4.69) is 68.2 Å². The Morgan fingerprint density at radius 2 is 1.27 bits per heavy atom. The number of carbonyl (C=O) groups is 1. The van der Waals surface area contributed by atoms with E-state index in [0.717, 1.165) is 54.9 Å². The predicted molar refractivity (Wildman–Crippen MR) is 164 cm³/mol. The van der Waals surface area contributed by atoms with E-state index >= 15 is 0 Å². The number of benzene rings is 4. The van der Waals surface area contributed by atoms with Gasteiger partial charge in [0, 0.05) is 56.9 Å². The van der Waals surface area contributed by atoms with Crippen LogP contribution in [0.1, 0.15) is 27.2 Å². The molecule has 0 atom stereocenters. The Kier molecular flexibility index (Phi) is 7.98. The van der Waals surface area contributed by atoms with Crippen molar-refractivity contribution in [1.82, 2.24) is 9.80 Å². The molecular formula is C34H32BrN3O2. The zero-order valence-corrected chi connectivity index (χ0v) is 24.0. The van der Waals surface area contributed by atoms with Crippen molar-refractivity contribution in [2.24, 2.45) is 0 Å². The quantitative estimate of drug-likeness (QED) is 0.188. The molecule has 5 aromatic rings. The van der Waals surface area contributed by atoms with E-state index in [1.807, 2.05) is 71.6 Å². The minimum absolute atomic E-state index is 0.133. The molecule has 6 rings (SSSR count). The van der Waals surface area contributed by atoms with E-state index in [1.165, 1.54) is 5.56 Å². The molecule has 0 bridgehead atoms. The number of hydrogen-bond acceptors (Lipinski definition) is 4. The van der Waals surface area contributed by atoms with Gasteiger partial charge in [-0.15, -0.1) is 0 Å². The molecule has 0 N–H and O–H groups in total. The molecular weight excluding hydrogens is 562 g/mol. The van der Waals surface area contributed by atoms with Crippen LogP contribution in [0.25, 0.3) is 11.0 Å². The topological polar surface area (TPSA) is 39.9 Å². The molecule has 202 valence electrons. The van der Waals surface area contributed by atoms with Crippen molar-refractivity contribution in [1.29, 1.82) is 0 Å². The number of amides is 1. The first kappa shape index (κ1) is 26.4. The Balaban J connectivity index is 1.20. The fourth-order valence-corrected chi connectivity index (χ4v) is 5.91. The summed E-state index contributed by atoms with van der Waals surface area (Å²) in [6.07, 6.45) is 0. The SMILES string of the molecule is O=C(c1oc2ccc(N3CCN(Cc4ccccc4)CC3)cc2c1Br)N(Cc1ccccc1)Cc1ccccc1. The molecule has 4 aromatic carbocycles. The van der Waals surface area contributed by atoms with Gasteiger partial charge in [0.05, 0.1) is 4.47 Å². The third-order valence-corrected chi connectivity index (χ3v) is 8.30. The Bertz CT molecular complexity index is 1520. The predicted octanol–water partition coefficient (Wildman–Crippen LogP) is 7.36. The van der Waals surface area contributed by atoms with Gasteiger partial charge in [0.2, 0.25) is 5.76 Å². The van der Waals surface area contributed by atoms with Gasteiger partial charge in [-0.3, -0.25) is 9.69 Å². The number of carbonyl (C=O) groups excluding carboxylic acids is 1. The van der Waals surface area contributed by atoms with E-state index in [4.69, 9.17) is 4.42 Å². The number of nitrogens with zero attached hydrogens (tertiary/aromatic N) is 3. The largest absolute Gasteiger partial charge is 0.450 e. The van der Waals surface area contributed by atoms with E-state index in [0.29, 0.717) is 28.9 Å². The van der Waals surface area contributed by atoms with Crippen LogP contribution in [0, 0.1) is 0 Å². The molecule has 1 aliphatic heterocycles. The summed E-state index contributed by atoms with van der Waals surface area (Å²) in [4.78, 5) is 20.7. The first-order chi connectivity index (χ1) is 19.6. The smallest absolute Gasteiger partial charge is 0.291 e. The summed E-state index contributed by atoms with van der Waals surface area (Å²) in [5.41, 5.74) is 5.37. The Hall–Kier alpha value is -3.87. The highest BCUT2D eigenvalue weighted by Crippen LogP contribution is 2.35. The molecule has 1 amide bonds. The number of rotatable bonds is 8. The molecule has 40 heavy (non-hydrogen) atoms. The van der Waals surface area contributed by atoms with Gasteiger partial charge in [-0.05, 0) is 50.8 Å². The van der Waals surface area contributed by atoms with E-state index in [-0.39, 0.29) is 5.91 Å². The minimum Gasteiger partial charge on any atom is -0.450 e. The monoisotopic (exact) mass is 593 g/mol. The van der Waals surface area contributed by atoms with Crippen LogP contribution in [-0.4, -0.2) is 41.9 Å². The van der Waals surface area contributed by atoms with Gasteiger partial charge in [0.1, 0.15) is 5.58 Å². The standard InChI is InChI=1S/C34H32BrN3O2/c35-32-30-22-29(37-20-18-36(19-21-37)23-26-10-4-1-5-11-26)16-17-31(30)40-33(32)34(39)38(24-27-12-6-2-7-13-27)25-28-14-8-3-9-15-28/h1-17,22H,18-21,23-25H2. The molecule has 0 unspecified atom stereocenters. The maximum atomic E-state index is 13.9. The van der Waals surface area contributed by atoms with Crippen LogP contribution in [0.4, 0.5) is 5.69 Å². The van der Waals surface area contributed by atoms with Crippen LogP contribution in [-0.2, 0) is 19.6 Å². The van der Waals surface area contributed by atoms with E-state index in [9.17, 15) is 4.79 Å². The van der Waals surface area contributed by atoms with Crippen LogP contribution in [0.2, 0.25) is 0 Å². The van der Waals surface area contributed by atoms with Crippen molar-refractivity contribution in [3.8, 4) is 0 Å². The summed E-state index contributed by atoms with van der Waals surface area (Å²) >= 11 is 3.73. The fourth-order valence-electron chi connectivity index (χ4n) is 5.35. The molecule has 0 saturated carbocycles. The number of anilines is 1. The first-order valence-electron chi connectivity index (χ1n) is 13.7. The molecule has 0 spiro atoms. The van der Waals surface area contributed by atoms with Crippen molar-refractivity contribution in [2.45, 2.75) is 19.6 Å². The van der Waals surface area contributed by atoms with Crippen LogP contribution >= 0.6 is 15.9 Å². The summed E-state index contributed by atoms with van der Waals surface area (Å²) in [7, 11) is 0. The molecule has 1 aromatic heterocycles. The van der Waals surface area contributed by atoms with Crippen molar-refractivity contribution in [3.63, 3.8) is 0 Å². The third kappa shape index (κ3) is 5.98. The lowest BCUT2D eigenvalue weighted by molar-refractivity contribution is 0.0698. The van der Waals surface area contributed by atoms with Crippen LogP contribution < -0.4 is 4.90 Å². The molecule has 1 saturated heterocycles. The van der Waals surface area contributed by atoms with Gasteiger partial charge in [0.25, 0.3) is 5.91 Å². The average molecular weight is 595 g/mol. The summed E-state index contributed by atoms with van der Waals surface area (Å²) < 4.78 is 6.89. The number of fused-ring (bicyclic) bond motifs is 1. The second kappa shape index (κ2) is 12.1. The number of piperazine rings is 1. The third-order valence-electron chi connectivity index (χ3n) is 7.51. The van der Waals surface area contributed by atoms with E-state index in [1.54, 1.807) is 0 Å². The lowest BCUT2D eigenvalue weighted by Gasteiger charge is -2.36. The first-order valence-corrected chi connectivity index (χ1v) is 14.5. The molecule has 0 radical (unpaired) electrons. The highest BCUT2D eigenvalue weighted by molar-refractivity contribution is 9.10. The van der Waals surface area contributed by atoms with Crippen molar-refractivity contribution in [2.75, 3.05) is 31.1 Å². The van der Waals surface area contributed by atoms with Crippen molar-refractivity contribution < 1.29 is 9.21 Å². The van der Waals surface area contributed by atoms with Gasteiger partial charge in [-0.25, -0.2) is 0 Å². The molecule has 2 heterocycles. The molecule has 1 fully saturated rings. The average Bonchev–Trinajstić information content (AvgIpc) is 3.34. The lowest BCUT2D eigenvalue weighted by Crippen LogP contribution is -2.45. The van der Waals surface area contributed by atoms with Crippen LogP contribution in [0.5, 0.6) is 0 Å². The van der Waals surface area contributed by atoms with Gasteiger partial charge in [-0.1, -0.05) is 91.0 Å². The maximum absolute atomic E-state index is 13.9. The van der Waals surface area contributed by atoms with Crippen molar-refractivity contribution in [3.05, 3.63) is 136 Å². The normalized spacial score (nSPS) is 14.0. The molecule has 1 aliphatic rings. The van der Waals surface area contributed by atoms with E-state index < -0.39 is 0 Å². The van der Waals surface area contributed by atoms with Gasteiger partial charge >= 0.3 is 0 Å². The molecule has 5 nitrogen and oxygen atoms in total. The summed E-state index contributed by atoms with van der Waals surface area (Å²) in [6, 6.07) is 37.1. The number of furan rings is 1. The highest BCUT2D eigenvalue weighted by Gasteiger charge is 2.26. The Morgan fingerprint density at radius 3 is 1.85 bits per heavy atom. The summed E-state index contributed by atoms with van der Waals surface area (Å²) in [5.74, 6) is 0.207. The number of halogens is 1. The summed E-state index contributed by atoms with van der Waals surface area (Å²) in [6.45, 7) is 5.92. The Labute approximate surface area is 243 Å². The number of hydrogen-bond donors (Lipinski definition) is 0. The molecule has 6 heteroatoms. The molecule has 0 aliphatic carbocycles. The van der Waals surface area contributed by atoms with Gasteiger partial charge < -0.3 is 14.2 Å². The summed E-state index contributed by atoms with van der Waals surface area (Å²) in [5, 5.41) is 0.923. The minimum atomic E-state index is -0.133. The van der Waals surface area contributed by atoms with Crippen LogP contribution in [0.15, 0.2) is 118 Å². The Morgan fingerprint density at radius 1 is 0.725 bits per heavy atom. The zero-order chi connectivity index (χ0) is 27.3. The van der Waals surface area contributed by atoms with Crippen molar-refractivity contribution >= 4 is 38.5 Å². The second-order valence-corrected chi connectivity index (χ2v) is 11.1. The second-order valence-electron chi connectivity index (χ2n) is 10.3.